The Hall–Kier alpha value is -2.90. The molecule has 1 aliphatic rings. The van der Waals surface area contributed by atoms with Gasteiger partial charge in [0.25, 0.3) is 0 Å². The van der Waals surface area contributed by atoms with E-state index in [2.05, 4.69) is 15.3 Å². The molecule has 0 spiro atoms. The molecular weight excluding hydrogens is 378 g/mol. The summed E-state index contributed by atoms with van der Waals surface area (Å²) < 4.78 is 26.1. The van der Waals surface area contributed by atoms with Crippen LogP contribution in [-0.2, 0) is 22.6 Å². The number of piperidine rings is 1. The Labute approximate surface area is 168 Å². The van der Waals surface area contributed by atoms with E-state index in [1.807, 2.05) is 4.90 Å². The Kier molecular flexibility index (Phi) is 7.21. The van der Waals surface area contributed by atoms with Gasteiger partial charge < -0.3 is 10.2 Å². The van der Waals surface area contributed by atoms with Crippen molar-refractivity contribution in [1.82, 2.24) is 20.2 Å². The Balaban J connectivity index is 1.41. The highest BCUT2D eigenvalue weighted by atomic mass is 19.2. The average molecular weight is 402 g/mol. The van der Waals surface area contributed by atoms with Crippen LogP contribution in [0.2, 0.25) is 0 Å². The van der Waals surface area contributed by atoms with E-state index >= 15 is 0 Å². The van der Waals surface area contributed by atoms with Crippen LogP contribution in [0.4, 0.5) is 8.78 Å². The smallest absolute Gasteiger partial charge is 0.228 e. The molecule has 2 heterocycles. The second kappa shape index (κ2) is 10.0. The van der Waals surface area contributed by atoms with Crippen LogP contribution in [0.3, 0.4) is 0 Å². The molecule has 0 saturated carbocycles. The molecule has 1 unspecified atom stereocenters. The molecule has 1 aromatic heterocycles. The van der Waals surface area contributed by atoms with E-state index in [0.29, 0.717) is 30.6 Å². The van der Waals surface area contributed by atoms with Crippen LogP contribution in [0.25, 0.3) is 0 Å². The van der Waals surface area contributed by atoms with E-state index in [9.17, 15) is 18.4 Å². The standard InChI is InChI=1S/C21H24F2N4O2/c22-18-5-3-16(10-19(18)23)12-26-20(28)6-4-15-2-1-9-27(14-15)21(29)11-17-13-24-7-8-25-17/h3,5,7-8,10,13,15H,1-2,4,6,9,11-12,14H2,(H,26,28). The number of benzene rings is 1. The zero-order valence-electron chi connectivity index (χ0n) is 16.1. The summed E-state index contributed by atoms with van der Waals surface area (Å²) in [4.78, 5) is 34.5. The lowest BCUT2D eigenvalue weighted by atomic mass is 9.93. The van der Waals surface area contributed by atoms with Gasteiger partial charge in [0.05, 0.1) is 12.1 Å². The molecule has 29 heavy (non-hydrogen) atoms. The highest BCUT2D eigenvalue weighted by molar-refractivity contribution is 5.78. The van der Waals surface area contributed by atoms with Crippen molar-refractivity contribution in [2.24, 2.45) is 5.92 Å². The lowest BCUT2D eigenvalue weighted by Gasteiger charge is -2.32. The fraction of sp³-hybridized carbons (Fsp3) is 0.429. The highest BCUT2D eigenvalue weighted by Crippen LogP contribution is 2.21. The lowest BCUT2D eigenvalue weighted by molar-refractivity contribution is -0.132. The van der Waals surface area contributed by atoms with Gasteiger partial charge in [-0.2, -0.15) is 0 Å². The monoisotopic (exact) mass is 402 g/mol. The fourth-order valence-corrected chi connectivity index (χ4v) is 3.49. The van der Waals surface area contributed by atoms with E-state index in [1.54, 1.807) is 18.6 Å². The van der Waals surface area contributed by atoms with Crippen molar-refractivity contribution in [2.45, 2.75) is 38.6 Å². The van der Waals surface area contributed by atoms with Crippen LogP contribution in [0.1, 0.15) is 36.9 Å². The number of amides is 2. The first kappa shape index (κ1) is 20.8. The Morgan fingerprint density at radius 1 is 1.21 bits per heavy atom. The molecular formula is C21H24F2N4O2. The second-order valence-corrected chi connectivity index (χ2v) is 7.29. The Bertz CT molecular complexity index is 848. The molecule has 2 amide bonds. The van der Waals surface area contributed by atoms with Gasteiger partial charge in [0.15, 0.2) is 11.6 Å². The quantitative estimate of drug-likeness (QED) is 0.773. The first-order valence-corrected chi connectivity index (χ1v) is 9.74. The van der Waals surface area contributed by atoms with Crippen molar-refractivity contribution in [1.29, 1.82) is 0 Å². The molecule has 1 aliphatic heterocycles. The molecule has 0 radical (unpaired) electrons. The molecule has 8 heteroatoms. The minimum Gasteiger partial charge on any atom is -0.352 e. The van der Waals surface area contributed by atoms with Crippen LogP contribution in [0.15, 0.2) is 36.8 Å². The SMILES string of the molecule is O=C(CCC1CCCN(C(=O)Cc2cnccn2)C1)NCc1ccc(F)c(F)c1. The van der Waals surface area contributed by atoms with Crippen molar-refractivity contribution >= 4 is 11.8 Å². The molecule has 1 fully saturated rings. The maximum Gasteiger partial charge on any atom is 0.228 e. The van der Waals surface area contributed by atoms with Gasteiger partial charge in [-0.05, 0) is 42.9 Å². The molecule has 1 saturated heterocycles. The molecule has 0 aliphatic carbocycles. The fourth-order valence-electron chi connectivity index (χ4n) is 3.49. The molecule has 6 nitrogen and oxygen atoms in total. The van der Waals surface area contributed by atoms with Gasteiger partial charge in [-0.1, -0.05) is 6.07 Å². The third-order valence-corrected chi connectivity index (χ3v) is 5.07. The number of carbonyl (C=O) groups is 2. The van der Waals surface area contributed by atoms with Gasteiger partial charge in [-0.3, -0.25) is 19.6 Å². The number of hydrogen-bond acceptors (Lipinski definition) is 4. The number of hydrogen-bond donors (Lipinski definition) is 1. The molecule has 1 N–H and O–H groups in total. The minimum atomic E-state index is -0.926. The summed E-state index contributed by atoms with van der Waals surface area (Å²) in [6, 6.07) is 3.57. The van der Waals surface area contributed by atoms with Gasteiger partial charge in [0.1, 0.15) is 0 Å². The molecule has 2 aromatic rings. The molecule has 154 valence electrons. The molecule has 1 atom stereocenters. The lowest BCUT2D eigenvalue weighted by Crippen LogP contribution is -2.41. The first-order chi connectivity index (χ1) is 14.0. The zero-order chi connectivity index (χ0) is 20.6. The van der Waals surface area contributed by atoms with Crippen LogP contribution >= 0.6 is 0 Å². The maximum absolute atomic E-state index is 13.2. The number of rotatable bonds is 7. The van der Waals surface area contributed by atoms with Gasteiger partial charge in [-0.15, -0.1) is 0 Å². The number of nitrogens with one attached hydrogen (secondary N) is 1. The summed E-state index contributed by atoms with van der Waals surface area (Å²) in [5.41, 5.74) is 1.16. The summed E-state index contributed by atoms with van der Waals surface area (Å²) in [6.45, 7) is 1.51. The van der Waals surface area contributed by atoms with Crippen LogP contribution in [0.5, 0.6) is 0 Å². The number of nitrogens with zero attached hydrogens (tertiary/aromatic N) is 3. The largest absolute Gasteiger partial charge is 0.352 e. The molecule has 1 aromatic carbocycles. The minimum absolute atomic E-state index is 0.0259. The van der Waals surface area contributed by atoms with E-state index in [-0.39, 0.29) is 30.7 Å². The zero-order valence-corrected chi connectivity index (χ0v) is 16.1. The van der Waals surface area contributed by atoms with Crippen molar-refractivity contribution in [3.63, 3.8) is 0 Å². The van der Waals surface area contributed by atoms with Gasteiger partial charge in [0.2, 0.25) is 11.8 Å². The number of halogens is 2. The van der Waals surface area contributed by atoms with Crippen LogP contribution in [0, 0.1) is 17.6 Å². The number of likely N-dealkylation sites (tertiary alicyclic amines) is 1. The van der Waals surface area contributed by atoms with Crippen molar-refractivity contribution in [3.05, 3.63) is 59.7 Å². The summed E-state index contributed by atoms with van der Waals surface area (Å²) in [5.74, 6) is -1.68. The summed E-state index contributed by atoms with van der Waals surface area (Å²) in [6.07, 6.45) is 7.87. The third kappa shape index (κ3) is 6.30. The summed E-state index contributed by atoms with van der Waals surface area (Å²) in [5, 5.41) is 2.73. The number of aromatic nitrogens is 2. The van der Waals surface area contributed by atoms with Crippen molar-refractivity contribution < 1.29 is 18.4 Å². The van der Waals surface area contributed by atoms with E-state index < -0.39 is 11.6 Å². The third-order valence-electron chi connectivity index (χ3n) is 5.07. The second-order valence-electron chi connectivity index (χ2n) is 7.29. The number of carbonyl (C=O) groups excluding carboxylic acids is 2. The van der Waals surface area contributed by atoms with E-state index in [0.717, 1.165) is 31.5 Å². The maximum atomic E-state index is 13.2. The summed E-state index contributed by atoms with van der Waals surface area (Å²) in [7, 11) is 0. The first-order valence-electron chi connectivity index (χ1n) is 9.74. The predicted molar refractivity (Wildman–Crippen MR) is 102 cm³/mol. The normalized spacial score (nSPS) is 16.5. The van der Waals surface area contributed by atoms with Crippen LogP contribution < -0.4 is 5.32 Å². The average Bonchev–Trinajstić information content (AvgIpc) is 2.74. The summed E-state index contributed by atoms with van der Waals surface area (Å²) >= 11 is 0. The van der Waals surface area contributed by atoms with Gasteiger partial charge in [-0.25, -0.2) is 8.78 Å². The molecule has 0 bridgehead atoms. The topological polar surface area (TPSA) is 75.2 Å². The van der Waals surface area contributed by atoms with Crippen molar-refractivity contribution in [3.8, 4) is 0 Å². The van der Waals surface area contributed by atoms with E-state index in [4.69, 9.17) is 0 Å². The Morgan fingerprint density at radius 3 is 2.83 bits per heavy atom. The van der Waals surface area contributed by atoms with Crippen LogP contribution in [-0.4, -0.2) is 39.8 Å². The van der Waals surface area contributed by atoms with E-state index in [1.165, 1.54) is 6.07 Å². The predicted octanol–water partition coefficient (Wildman–Crippen LogP) is 2.63. The Morgan fingerprint density at radius 2 is 2.07 bits per heavy atom. The molecule has 3 rings (SSSR count). The highest BCUT2D eigenvalue weighted by Gasteiger charge is 2.24. The van der Waals surface area contributed by atoms with Gasteiger partial charge in [0, 0.05) is 44.6 Å². The van der Waals surface area contributed by atoms with Crippen molar-refractivity contribution in [2.75, 3.05) is 13.1 Å². The van der Waals surface area contributed by atoms with Gasteiger partial charge >= 0.3 is 0 Å².